The Balaban J connectivity index is 1.33. The van der Waals surface area contributed by atoms with Crippen molar-refractivity contribution in [2.75, 3.05) is 0 Å². The first-order valence-electron chi connectivity index (χ1n) is 17.8. The third kappa shape index (κ3) is 8.05. The molecule has 2 aromatic carbocycles. The van der Waals surface area contributed by atoms with Crippen molar-refractivity contribution >= 4 is 24.7 Å². The number of hydrogen-bond donors (Lipinski definition) is 1. The number of carbonyl (C=O) groups is 1. The van der Waals surface area contributed by atoms with Gasteiger partial charge in [0.2, 0.25) is 0 Å². The van der Waals surface area contributed by atoms with Gasteiger partial charge in [0.15, 0.2) is 0 Å². The quantitative estimate of drug-likeness (QED) is 0.102. The molecule has 2 aliphatic rings. The molecule has 0 saturated heterocycles. The minimum atomic E-state index is -3.06. The van der Waals surface area contributed by atoms with Crippen LogP contribution in [-0.2, 0) is 9.53 Å². The van der Waals surface area contributed by atoms with Crippen LogP contribution in [-0.4, -0.2) is 29.8 Å². The summed E-state index contributed by atoms with van der Waals surface area (Å²) < 4.78 is 12.0. The molecule has 2 aliphatic carbocycles. The normalized spacial score (nSPS) is 19.6. The average Bonchev–Trinajstić information content (AvgIpc) is 3.73. The predicted molar refractivity (Wildman–Crippen MR) is 189 cm³/mol. The number of unbranched alkanes of at least 4 members (excludes halogenated alkanes) is 1. The van der Waals surface area contributed by atoms with Gasteiger partial charge in [-0.3, -0.25) is 4.79 Å². The van der Waals surface area contributed by atoms with E-state index in [1.807, 2.05) is 57.2 Å². The number of esters is 1. The van der Waals surface area contributed by atoms with E-state index >= 15 is 0 Å². The van der Waals surface area contributed by atoms with Crippen LogP contribution in [0.2, 0.25) is 5.04 Å². The first-order chi connectivity index (χ1) is 21.8. The summed E-state index contributed by atoms with van der Waals surface area (Å²) in [5, 5.41) is 6.54. The van der Waals surface area contributed by atoms with Crippen LogP contribution in [0.4, 0.5) is 0 Å². The maximum Gasteiger partial charge on any atom is 0.306 e. The van der Waals surface area contributed by atoms with E-state index in [0.29, 0.717) is 18.3 Å². The number of aromatic nitrogens is 1. The fourth-order valence-electron chi connectivity index (χ4n) is 7.87. The lowest BCUT2D eigenvalue weighted by molar-refractivity contribution is -0.155. The van der Waals surface area contributed by atoms with Crippen LogP contribution in [0, 0.1) is 11.8 Å². The Morgan fingerprint density at radius 2 is 1.52 bits per heavy atom. The molecule has 0 bridgehead atoms. The van der Waals surface area contributed by atoms with Gasteiger partial charge in [-0.15, -0.1) is 0 Å². The molecule has 5 nitrogen and oxygen atoms in total. The molecule has 0 radical (unpaired) electrons. The number of carbonyl (C=O) groups excluding carboxylic acids is 1. The summed E-state index contributed by atoms with van der Waals surface area (Å²) in [4.78, 5) is 25.8. The number of ether oxygens (including phenoxy) is 1. The number of nitrogens with zero attached hydrogens (tertiary/aromatic N) is 1. The maximum atomic E-state index is 13.2. The van der Waals surface area contributed by atoms with E-state index < -0.39 is 13.9 Å². The second-order valence-electron chi connectivity index (χ2n) is 16.3. The fourth-order valence-corrected chi connectivity index (χ4v) is 11.7. The highest BCUT2D eigenvalue weighted by Crippen LogP contribution is 2.53. The van der Waals surface area contributed by atoms with Gasteiger partial charge in [-0.05, 0) is 98.9 Å². The second-order valence-corrected chi connectivity index (χ2v) is 20.3. The fraction of sp³-hybridized carbons (Fsp3) is 0.600. The lowest BCUT2D eigenvalue weighted by atomic mass is 9.69. The molecule has 5 rings (SSSR count). The standard InChI is InChI=1S/C40H57NO4Si/c1-28(2)24-29-25-32(26-29)38-36(30-21-22-30)37(41-45-38)31(27-35(42)44-39(3,4)5)16-14-15-23-40(6,7)46(43,33-17-10-8-11-18-33)34-19-12-9-13-20-34/h8-13,17-20,28-32,43H,14-16,21-27H2,1-7H3/t29-,31-,32+/m0/s1. The van der Waals surface area contributed by atoms with Crippen LogP contribution < -0.4 is 10.4 Å². The molecule has 46 heavy (non-hydrogen) atoms. The van der Waals surface area contributed by atoms with Crippen molar-refractivity contribution in [2.45, 2.75) is 141 Å². The van der Waals surface area contributed by atoms with Crippen molar-refractivity contribution in [3.63, 3.8) is 0 Å². The predicted octanol–water partition coefficient (Wildman–Crippen LogP) is 9.00. The van der Waals surface area contributed by atoms with Gasteiger partial charge in [0, 0.05) is 17.4 Å². The molecule has 6 heteroatoms. The molecule has 1 atom stereocenters. The van der Waals surface area contributed by atoms with E-state index in [9.17, 15) is 9.59 Å². The lowest BCUT2D eigenvalue weighted by Crippen LogP contribution is -2.65. The minimum absolute atomic E-state index is 0.0306. The molecular formula is C40H57NO4Si. The van der Waals surface area contributed by atoms with E-state index in [1.54, 1.807) is 0 Å². The molecule has 1 aromatic heterocycles. The average molecular weight is 644 g/mol. The van der Waals surface area contributed by atoms with Gasteiger partial charge < -0.3 is 14.1 Å². The Morgan fingerprint density at radius 3 is 2.04 bits per heavy atom. The third-order valence-electron chi connectivity index (χ3n) is 10.4. The van der Waals surface area contributed by atoms with Gasteiger partial charge in [0.05, 0.1) is 12.1 Å². The van der Waals surface area contributed by atoms with Crippen LogP contribution in [0.15, 0.2) is 65.2 Å². The highest BCUT2D eigenvalue weighted by Gasteiger charge is 2.49. The Labute approximate surface area is 278 Å². The van der Waals surface area contributed by atoms with Gasteiger partial charge in [-0.1, -0.05) is 106 Å². The van der Waals surface area contributed by atoms with Crippen molar-refractivity contribution in [3.05, 3.63) is 77.7 Å². The molecule has 0 aliphatic heterocycles. The molecule has 0 spiro atoms. The summed E-state index contributed by atoms with van der Waals surface area (Å²) in [6.45, 7) is 14.9. The van der Waals surface area contributed by atoms with E-state index in [2.05, 4.69) is 52.0 Å². The Bertz CT molecular complexity index is 1370. The molecule has 2 saturated carbocycles. The Morgan fingerprint density at radius 1 is 0.935 bits per heavy atom. The number of rotatable bonds is 15. The first-order valence-corrected chi connectivity index (χ1v) is 19.8. The molecule has 0 amide bonds. The Hall–Kier alpha value is -2.70. The summed E-state index contributed by atoms with van der Waals surface area (Å²) in [5.41, 5.74) is 1.80. The van der Waals surface area contributed by atoms with E-state index in [4.69, 9.17) is 14.4 Å². The first kappa shape index (κ1) is 34.6. The largest absolute Gasteiger partial charge is 0.460 e. The molecule has 250 valence electrons. The van der Waals surface area contributed by atoms with Crippen LogP contribution >= 0.6 is 0 Å². The summed E-state index contributed by atoms with van der Waals surface area (Å²) in [7, 11) is -3.06. The van der Waals surface area contributed by atoms with E-state index in [-0.39, 0.29) is 16.9 Å². The van der Waals surface area contributed by atoms with Crippen LogP contribution in [0.5, 0.6) is 0 Å². The zero-order valence-corrected chi connectivity index (χ0v) is 30.4. The van der Waals surface area contributed by atoms with Crippen LogP contribution in [0.25, 0.3) is 0 Å². The van der Waals surface area contributed by atoms with Crippen LogP contribution in [0.1, 0.15) is 147 Å². The maximum absolute atomic E-state index is 13.2. The number of benzene rings is 2. The molecule has 1 heterocycles. The molecule has 1 N–H and O–H groups in total. The van der Waals surface area contributed by atoms with Gasteiger partial charge in [0.1, 0.15) is 11.4 Å². The summed E-state index contributed by atoms with van der Waals surface area (Å²) >= 11 is 0. The van der Waals surface area contributed by atoms with Crippen molar-refractivity contribution in [1.29, 1.82) is 0 Å². The van der Waals surface area contributed by atoms with E-state index in [0.717, 1.165) is 59.3 Å². The van der Waals surface area contributed by atoms with Gasteiger partial charge in [-0.2, -0.15) is 0 Å². The van der Waals surface area contributed by atoms with Crippen molar-refractivity contribution in [2.24, 2.45) is 11.8 Å². The molecule has 0 unspecified atom stereocenters. The highest BCUT2D eigenvalue weighted by molar-refractivity contribution is 6.98. The second kappa shape index (κ2) is 14.2. The van der Waals surface area contributed by atoms with E-state index in [1.165, 1.54) is 37.7 Å². The summed E-state index contributed by atoms with van der Waals surface area (Å²) in [6, 6.07) is 20.5. The smallest absolute Gasteiger partial charge is 0.306 e. The van der Waals surface area contributed by atoms with Crippen molar-refractivity contribution in [3.8, 4) is 0 Å². The lowest BCUT2D eigenvalue weighted by Gasteiger charge is -2.41. The minimum Gasteiger partial charge on any atom is -0.460 e. The summed E-state index contributed by atoms with van der Waals surface area (Å²) in [5.74, 6) is 3.38. The topological polar surface area (TPSA) is 72.6 Å². The summed E-state index contributed by atoms with van der Waals surface area (Å²) in [6.07, 6.45) is 9.96. The SMILES string of the molecule is CC(C)C[C@H]1C[C@@H](c2onc([C@@H](CCCCC(C)(C)[Si](O)(c3ccccc3)c3ccccc3)CC(=O)OC(C)(C)C)c2C2CC2)C1. The Kier molecular flexibility index (Phi) is 10.7. The number of hydrogen-bond acceptors (Lipinski definition) is 5. The molecule has 3 aromatic rings. The monoisotopic (exact) mass is 643 g/mol. The third-order valence-corrected chi connectivity index (χ3v) is 14.9. The van der Waals surface area contributed by atoms with Gasteiger partial charge in [-0.25, -0.2) is 0 Å². The zero-order valence-electron chi connectivity index (χ0n) is 29.4. The zero-order chi connectivity index (χ0) is 33.1. The van der Waals surface area contributed by atoms with Crippen molar-refractivity contribution < 1.29 is 18.9 Å². The van der Waals surface area contributed by atoms with Gasteiger partial charge >= 0.3 is 5.97 Å². The molecular weight excluding hydrogens is 587 g/mol. The highest BCUT2D eigenvalue weighted by atomic mass is 28.4. The van der Waals surface area contributed by atoms with Crippen molar-refractivity contribution in [1.82, 2.24) is 5.16 Å². The van der Waals surface area contributed by atoms with Gasteiger partial charge in [0.25, 0.3) is 8.32 Å². The van der Waals surface area contributed by atoms with Crippen LogP contribution in [0.3, 0.4) is 0 Å². The molecule has 2 fully saturated rings.